The molecule has 6 heteroatoms. The number of hydrogen-bond acceptors (Lipinski definition) is 3. The van der Waals surface area contributed by atoms with Crippen LogP contribution in [-0.4, -0.2) is 40.9 Å². The molecule has 0 radical (unpaired) electrons. The van der Waals surface area contributed by atoms with Gasteiger partial charge >= 0.3 is 12.0 Å². The van der Waals surface area contributed by atoms with E-state index in [4.69, 9.17) is 10.2 Å². The van der Waals surface area contributed by atoms with E-state index in [1.165, 1.54) is 0 Å². The van der Waals surface area contributed by atoms with Gasteiger partial charge in [0.2, 0.25) is 0 Å². The normalized spacial score (nSPS) is 14.1. The summed E-state index contributed by atoms with van der Waals surface area (Å²) in [5.74, 6) is -0.697. The molecule has 1 unspecified atom stereocenters. The average molecular weight is 260 g/mol. The van der Waals surface area contributed by atoms with E-state index in [2.05, 4.69) is 24.5 Å². The van der Waals surface area contributed by atoms with Crippen molar-refractivity contribution in [1.29, 1.82) is 0 Å². The Labute approximate surface area is 108 Å². The first-order valence-electron chi connectivity index (χ1n) is 6.28. The Kier molecular flexibility index (Phi) is 8.11. The summed E-state index contributed by atoms with van der Waals surface area (Å²) < 4.78 is 0. The second kappa shape index (κ2) is 8.74. The summed E-state index contributed by atoms with van der Waals surface area (Å²) in [4.78, 5) is 21.7. The minimum absolute atomic E-state index is 0.0331. The monoisotopic (exact) mass is 260 g/mol. The maximum atomic E-state index is 11.4. The van der Waals surface area contributed by atoms with Gasteiger partial charge in [-0.25, -0.2) is 9.59 Å². The molecule has 0 spiro atoms. The van der Waals surface area contributed by atoms with Crippen LogP contribution in [0, 0.1) is 5.92 Å². The molecule has 2 amide bonds. The standard InChI is InChI=1S/C12H24N2O4/c1-8(2)5-4-6-9(3)14-12(18)13-7-10(15)11(16)17/h8-10,15H,4-7H2,1-3H3,(H,16,17)(H2,13,14,18)/t9?,10-/m0/s1. The van der Waals surface area contributed by atoms with Crippen molar-refractivity contribution >= 4 is 12.0 Å². The van der Waals surface area contributed by atoms with Crippen LogP contribution in [0.5, 0.6) is 0 Å². The summed E-state index contributed by atoms with van der Waals surface area (Å²) in [7, 11) is 0. The van der Waals surface area contributed by atoms with Crippen LogP contribution in [0.15, 0.2) is 0 Å². The number of hydrogen-bond donors (Lipinski definition) is 4. The van der Waals surface area contributed by atoms with E-state index in [1.54, 1.807) is 0 Å². The summed E-state index contributed by atoms with van der Waals surface area (Å²) >= 11 is 0. The van der Waals surface area contributed by atoms with Gasteiger partial charge in [0.05, 0.1) is 6.54 Å². The number of aliphatic hydroxyl groups excluding tert-OH is 1. The van der Waals surface area contributed by atoms with E-state index in [1.807, 2.05) is 6.92 Å². The fraction of sp³-hybridized carbons (Fsp3) is 0.833. The molecule has 0 bridgehead atoms. The van der Waals surface area contributed by atoms with Gasteiger partial charge in [0.15, 0.2) is 6.10 Å². The number of carboxylic acid groups (broad SMARTS) is 1. The number of rotatable bonds is 8. The summed E-state index contributed by atoms with van der Waals surface area (Å²) in [6.45, 7) is 5.91. The first kappa shape index (κ1) is 16.7. The number of aliphatic hydroxyl groups is 1. The second-order valence-corrected chi connectivity index (χ2v) is 4.93. The minimum Gasteiger partial charge on any atom is -0.479 e. The number of carbonyl (C=O) groups is 2. The lowest BCUT2D eigenvalue weighted by Crippen LogP contribution is -2.45. The molecule has 0 aromatic heterocycles. The summed E-state index contributed by atoms with van der Waals surface area (Å²) in [6, 6.07) is -0.418. The second-order valence-electron chi connectivity index (χ2n) is 4.93. The van der Waals surface area contributed by atoms with Crippen molar-refractivity contribution in [2.24, 2.45) is 5.92 Å². The first-order valence-corrected chi connectivity index (χ1v) is 6.28. The third kappa shape index (κ3) is 8.81. The molecule has 0 saturated carbocycles. The molecule has 6 nitrogen and oxygen atoms in total. The van der Waals surface area contributed by atoms with Gasteiger partial charge < -0.3 is 20.8 Å². The lowest BCUT2D eigenvalue weighted by Gasteiger charge is -2.15. The van der Waals surface area contributed by atoms with Crippen LogP contribution in [0.4, 0.5) is 4.79 Å². The predicted molar refractivity (Wildman–Crippen MR) is 68.3 cm³/mol. The van der Waals surface area contributed by atoms with Gasteiger partial charge in [-0.1, -0.05) is 26.7 Å². The highest BCUT2D eigenvalue weighted by molar-refractivity contribution is 5.76. The summed E-state index contributed by atoms with van der Waals surface area (Å²) in [5, 5.41) is 22.4. The molecule has 0 aromatic carbocycles. The topological polar surface area (TPSA) is 98.7 Å². The van der Waals surface area contributed by atoms with E-state index < -0.39 is 18.1 Å². The van der Waals surface area contributed by atoms with E-state index in [0.717, 1.165) is 19.3 Å². The van der Waals surface area contributed by atoms with Gasteiger partial charge in [0.1, 0.15) is 0 Å². The highest BCUT2D eigenvalue weighted by Crippen LogP contribution is 2.07. The molecule has 18 heavy (non-hydrogen) atoms. The van der Waals surface area contributed by atoms with Gasteiger partial charge in [-0.15, -0.1) is 0 Å². The lowest BCUT2D eigenvalue weighted by atomic mass is 10.0. The Balaban J connectivity index is 3.70. The van der Waals surface area contributed by atoms with Crippen LogP contribution >= 0.6 is 0 Å². The van der Waals surface area contributed by atoms with Crippen LogP contribution < -0.4 is 10.6 Å². The third-order valence-corrected chi connectivity index (χ3v) is 2.54. The molecule has 0 aliphatic carbocycles. The van der Waals surface area contributed by atoms with Crippen LogP contribution in [0.3, 0.4) is 0 Å². The lowest BCUT2D eigenvalue weighted by molar-refractivity contribution is -0.146. The van der Waals surface area contributed by atoms with Crippen LogP contribution in [0.1, 0.15) is 40.0 Å². The molecule has 0 aliphatic rings. The number of carboxylic acids is 1. The zero-order chi connectivity index (χ0) is 14.1. The molecule has 0 fully saturated rings. The Morgan fingerprint density at radius 2 is 1.78 bits per heavy atom. The molecule has 4 N–H and O–H groups in total. The summed E-state index contributed by atoms with van der Waals surface area (Å²) in [6.07, 6.45) is 1.47. The smallest absolute Gasteiger partial charge is 0.334 e. The number of carbonyl (C=O) groups excluding carboxylic acids is 1. The largest absolute Gasteiger partial charge is 0.479 e. The SMILES string of the molecule is CC(C)CCCC(C)NC(=O)NC[C@H](O)C(=O)O. The van der Waals surface area contributed by atoms with Crippen molar-refractivity contribution in [2.45, 2.75) is 52.2 Å². The van der Waals surface area contributed by atoms with E-state index >= 15 is 0 Å². The zero-order valence-electron chi connectivity index (χ0n) is 11.3. The number of aliphatic carboxylic acids is 1. The van der Waals surface area contributed by atoms with Crippen molar-refractivity contribution in [3.8, 4) is 0 Å². The predicted octanol–water partition coefficient (Wildman–Crippen LogP) is 0.946. The number of amides is 2. The van der Waals surface area contributed by atoms with Gasteiger partial charge in [0.25, 0.3) is 0 Å². The summed E-state index contributed by atoms with van der Waals surface area (Å²) in [5.41, 5.74) is 0. The molecular formula is C12H24N2O4. The van der Waals surface area contributed by atoms with Gasteiger partial charge in [-0.05, 0) is 19.3 Å². The Morgan fingerprint density at radius 1 is 1.17 bits per heavy atom. The van der Waals surface area contributed by atoms with Gasteiger partial charge in [0, 0.05) is 6.04 Å². The molecule has 0 aromatic rings. The van der Waals surface area contributed by atoms with E-state index in [9.17, 15) is 9.59 Å². The average Bonchev–Trinajstić information content (AvgIpc) is 2.24. The number of urea groups is 1. The quantitative estimate of drug-likeness (QED) is 0.522. The van der Waals surface area contributed by atoms with E-state index in [-0.39, 0.29) is 12.6 Å². The fourth-order valence-electron chi connectivity index (χ4n) is 1.46. The number of nitrogens with one attached hydrogen (secondary N) is 2. The highest BCUT2D eigenvalue weighted by atomic mass is 16.4. The van der Waals surface area contributed by atoms with E-state index in [0.29, 0.717) is 5.92 Å². The molecule has 2 atom stereocenters. The van der Waals surface area contributed by atoms with Crippen molar-refractivity contribution in [1.82, 2.24) is 10.6 Å². The van der Waals surface area contributed by atoms with Crippen molar-refractivity contribution in [2.75, 3.05) is 6.54 Å². The van der Waals surface area contributed by atoms with Crippen LogP contribution in [0.2, 0.25) is 0 Å². The first-order chi connectivity index (χ1) is 8.32. The Morgan fingerprint density at radius 3 is 2.28 bits per heavy atom. The maximum Gasteiger partial charge on any atom is 0.334 e. The van der Waals surface area contributed by atoms with Crippen molar-refractivity contribution in [3.63, 3.8) is 0 Å². The zero-order valence-corrected chi connectivity index (χ0v) is 11.3. The van der Waals surface area contributed by atoms with Crippen LogP contribution in [-0.2, 0) is 4.79 Å². The Bertz CT molecular complexity index is 269. The molecule has 0 heterocycles. The third-order valence-electron chi connectivity index (χ3n) is 2.54. The van der Waals surface area contributed by atoms with Crippen LogP contribution in [0.25, 0.3) is 0 Å². The fourth-order valence-corrected chi connectivity index (χ4v) is 1.46. The van der Waals surface area contributed by atoms with Gasteiger partial charge in [-0.3, -0.25) is 0 Å². The Hall–Kier alpha value is -1.30. The molecule has 0 aliphatic heterocycles. The highest BCUT2D eigenvalue weighted by Gasteiger charge is 2.14. The maximum absolute atomic E-state index is 11.4. The molecule has 0 rings (SSSR count). The minimum atomic E-state index is -1.56. The van der Waals surface area contributed by atoms with Gasteiger partial charge in [-0.2, -0.15) is 0 Å². The molecule has 0 saturated heterocycles. The van der Waals surface area contributed by atoms with Crippen molar-refractivity contribution < 1.29 is 19.8 Å². The molecule has 106 valence electrons. The molecular weight excluding hydrogens is 236 g/mol. The van der Waals surface area contributed by atoms with Crippen molar-refractivity contribution in [3.05, 3.63) is 0 Å².